The van der Waals surface area contributed by atoms with Crippen LogP contribution in [0.3, 0.4) is 0 Å². The van der Waals surface area contributed by atoms with Gasteiger partial charge >= 0.3 is 19.1 Å². The van der Waals surface area contributed by atoms with Crippen LogP contribution >= 0.6 is 0 Å². The lowest BCUT2D eigenvalue weighted by Crippen LogP contribution is -2.42. The average molecular weight is 735 g/mol. The van der Waals surface area contributed by atoms with Gasteiger partial charge in [0.25, 0.3) is 5.91 Å². The molecule has 0 spiro atoms. The summed E-state index contributed by atoms with van der Waals surface area (Å²) >= 11 is 0. The van der Waals surface area contributed by atoms with Gasteiger partial charge in [-0.05, 0) is 100 Å². The number of halogens is 1. The molecule has 274 valence electrons. The van der Waals surface area contributed by atoms with Crippen molar-refractivity contribution in [3.8, 4) is 11.3 Å². The first-order valence-corrected chi connectivity index (χ1v) is 18.5. The summed E-state index contributed by atoms with van der Waals surface area (Å²) in [6, 6.07) is 11.8. The van der Waals surface area contributed by atoms with Gasteiger partial charge < -0.3 is 28.5 Å². The molecule has 2 aliphatic rings. The molecule has 52 heavy (non-hydrogen) atoms. The highest BCUT2D eigenvalue weighted by Gasteiger charge is 2.54. The fourth-order valence-electron chi connectivity index (χ4n) is 6.36. The van der Waals surface area contributed by atoms with Gasteiger partial charge in [-0.15, -0.1) is 0 Å². The quantitative estimate of drug-likeness (QED) is 0.168. The summed E-state index contributed by atoms with van der Waals surface area (Å²) in [7, 11) is -1.32. The number of benzene rings is 3. The highest BCUT2D eigenvalue weighted by molar-refractivity contribution is 7.92. The van der Waals surface area contributed by atoms with Gasteiger partial charge in [-0.25, -0.2) is 22.4 Å². The Morgan fingerprint density at radius 2 is 1.50 bits per heavy atom. The summed E-state index contributed by atoms with van der Waals surface area (Å²) in [4.78, 5) is 39.9. The molecule has 1 saturated heterocycles. The molecular formula is C37H40BFN2O10S. The zero-order valence-corrected chi connectivity index (χ0v) is 31.0. The molecule has 1 aliphatic heterocycles. The highest BCUT2D eigenvalue weighted by Crippen LogP contribution is 2.48. The van der Waals surface area contributed by atoms with Gasteiger partial charge in [0.1, 0.15) is 17.2 Å². The fourth-order valence-corrected chi connectivity index (χ4v) is 7.26. The largest absolute Gasteiger partial charge is 0.496 e. The zero-order chi connectivity index (χ0) is 37.9. The third-order valence-corrected chi connectivity index (χ3v) is 11.1. The normalized spacial score (nSPS) is 16.5. The molecule has 15 heteroatoms. The highest BCUT2D eigenvalue weighted by atomic mass is 32.2. The molecule has 1 N–H and O–H groups in total. The molecule has 0 bridgehead atoms. The van der Waals surface area contributed by atoms with Crippen LogP contribution in [0, 0.1) is 5.82 Å². The lowest BCUT2D eigenvalue weighted by atomic mass is 9.72. The zero-order valence-electron chi connectivity index (χ0n) is 30.2. The summed E-state index contributed by atoms with van der Waals surface area (Å²) in [5.74, 6) is -2.30. The van der Waals surface area contributed by atoms with E-state index < -0.39 is 52.0 Å². The van der Waals surface area contributed by atoms with Crippen molar-refractivity contribution in [2.24, 2.45) is 0 Å². The van der Waals surface area contributed by atoms with Crippen LogP contribution in [0.15, 0.2) is 52.9 Å². The Kier molecular flexibility index (Phi) is 9.51. The van der Waals surface area contributed by atoms with E-state index in [0.29, 0.717) is 22.2 Å². The smallest absolute Gasteiger partial charge is 0.465 e. The van der Waals surface area contributed by atoms with Crippen molar-refractivity contribution in [1.82, 2.24) is 5.32 Å². The Morgan fingerprint density at radius 3 is 1.98 bits per heavy atom. The standard InChI is InChI=1S/C37H40BFN2O10S/c1-36(2)37(3,4)51-38(50-36)31-26(34(43)47-6)15-20(16-27(31)35(44)48-7)19-41(52(8,45)46)28-18-29-25(17-24(28)21-9-10-21)30(33(42)40-5)32(49-29)22-11-13-23(39)14-12-22/h11-18,21H,9-10,19H2,1-8H3,(H,40,42). The second-order valence-electron chi connectivity index (χ2n) is 14.0. The number of methoxy groups -OCH3 is 2. The first-order chi connectivity index (χ1) is 24.4. The van der Waals surface area contributed by atoms with Crippen LogP contribution in [-0.4, -0.2) is 72.1 Å². The third kappa shape index (κ3) is 6.68. The minimum atomic E-state index is -4.04. The molecule has 1 saturated carbocycles. The second-order valence-corrected chi connectivity index (χ2v) is 15.9. The number of carbonyl (C=O) groups excluding carboxylic acids is 3. The molecular weight excluding hydrogens is 694 g/mol. The number of amides is 1. The number of fused-ring (bicyclic) bond motifs is 1. The SMILES string of the molecule is CNC(=O)c1c(-c2ccc(F)cc2)oc2cc(N(Cc3cc(C(=O)OC)c(B4OC(C)(C)C(C)(C)O4)c(C(=O)OC)c3)S(C)(=O)=O)c(C3CC3)cc12. The molecule has 0 unspecified atom stereocenters. The van der Waals surface area contributed by atoms with Gasteiger partial charge in [0.2, 0.25) is 10.0 Å². The lowest BCUT2D eigenvalue weighted by Gasteiger charge is -2.32. The van der Waals surface area contributed by atoms with Crippen LogP contribution in [0.25, 0.3) is 22.3 Å². The van der Waals surface area contributed by atoms with Crippen LogP contribution in [0.1, 0.15) is 88.7 Å². The van der Waals surface area contributed by atoms with Crippen LogP contribution in [0.4, 0.5) is 10.1 Å². The van der Waals surface area contributed by atoms with Crippen molar-refractivity contribution < 1.29 is 50.4 Å². The van der Waals surface area contributed by atoms with E-state index in [9.17, 15) is 27.2 Å². The summed E-state index contributed by atoms with van der Waals surface area (Å²) in [5.41, 5.74) is 0.497. The van der Waals surface area contributed by atoms with Crippen molar-refractivity contribution in [2.75, 3.05) is 31.8 Å². The van der Waals surface area contributed by atoms with Crippen LogP contribution in [-0.2, 0) is 35.4 Å². The number of hydrogen-bond acceptors (Lipinski definition) is 10. The predicted molar refractivity (Wildman–Crippen MR) is 193 cm³/mol. The van der Waals surface area contributed by atoms with E-state index >= 15 is 0 Å². The van der Waals surface area contributed by atoms with Crippen molar-refractivity contribution >= 4 is 57.1 Å². The Labute approximate surface area is 301 Å². The lowest BCUT2D eigenvalue weighted by molar-refractivity contribution is 0.00578. The molecule has 2 heterocycles. The molecule has 1 amide bonds. The molecule has 12 nitrogen and oxygen atoms in total. The first kappa shape index (κ1) is 37.0. The number of nitrogens with one attached hydrogen (secondary N) is 1. The number of carbonyl (C=O) groups is 3. The summed E-state index contributed by atoms with van der Waals surface area (Å²) in [5, 5.41) is 3.10. The summed E-state index contributed by atoms with van der Waals surface area (Å²) in [6.45, 7) is 7.00. The predicted octanol–water partition coefficient (Wildman–Crippen LogP) is 5.31. The van der Waals surface area contributed by atoms with E-state index in [-0.39, 0.29) is 51.5 Å². The molecule has 1 aliphatic carbocycles. The van der Waals surface area contributed by atoms with Crippen molar-refractivity contribution in [2.45, 2.75) is 64.2 Å². The Hall–Kier alpha value is -4.73. The maximum Gasteiger partial charge on any atom is 0.496 e. The van der Waals surface area contributed by atoms with E-state index in [2.05, 4.69) is 5.32 Å². The second kappa shape index (κ2) is 13.4. The van der Waals surface area contributed by atoms with Crippen molar-refractivity contribution in [3.63, 3.8) is 0 Å². The van der Waals surface area contributed by atoms with Crippen LogP contribution in [0.2, 0.25) is 0 Å². The minimum Gasteiger partial charge on any atom is -0.465 e. The van der Waals surface area contributed by atoms with E-state index in [0.717, 1.165) is 19.1 Å². The van der Waals surface area contributed by atoms with Gasteiger partial charge in [0, 0.05) is 29.5 Å². The molecule has 4 aromatic rings. The average Bonchev–Trinajstić information content (AvgIpc) is 3.83. The number of ether oxygens (including phenoxy) is 2. The molecule has 1 aromatic heterocycles. The summed E-state index contributed by atoms with van der Waals surface area (Å²) < 4.78 is 71.3. The molecule has 2 fully saturated rings. The summed E-state index contributed by atoms with van der Waals surface area (Å²) in [6.07, 6.45) is 2.63. The maximum absolute atomic E-state index is 13.8. The van der Waals surface area contributed by atoms with Crippen molar-refractivity contribution in [1.29, 1.82) is 0 Å². The monoisotopic (exact) mass is 734 g/mol. The molecule has 0 atom stereocenters. The maximum atomic E-state index is 13.8. The Morgan fingerprint density at radius 1 is 0.942 bits per heavy atom. The Bertz CT molecular complexity index is 2160. The van der Waals surface area contributed by atoms with Gasteiger partial charge in [0.15, 0.2) is 0 Å². The number of sulfonamides is 1. The molecule has 6 rings (SSSR count). The molecule has 0 radical (unpaired) electrons. The van der Waals surface area contributed by atoms with Crippen LogP contribution in [0.5, 0.6) is 0 Å². The number of rotatable bonds is 10. The number of anilines is 1. The minimum absolute atomic E-state index is 0.00707. The third-order valence-electron chi connectivity index (χ3n) is 9.95. The molecule has 3 aromatic carbocycles. The number of esters is 2. The number of furan rings is 1. The number of nitrogens with zero attached hydrogens (tertiary/aromatic N) is 1. The topological polar surface area (TPSA) is 151 Å². The van der Waals surface area contributed by atoms with E-state index in [4.69, 9.17) is 23.2 Å². The number of hydrogen-bond donors (Lipinski definition) is 1. The van der Waals surface area contributed by atoms with Crippen LogP contribution < -0.4 is 15.1 Å². The van der Waals surface area contributed by atoms with Gasteiger partial charge in [-0.2, -0.15) is 0 Å². The van der Waals surface area contributed by atoms with E-state index in [1.54, 1.807) is 12.1 Å². The van der Waals surface area contributed by atoms with Crippen molar-refractivity contribution in [3.05, 3.63) is 82.2 Å². The fraction of sp³-hybridized carbons (Fsp3) is 0.378. The Balaban J connectivity index is 1.54. The van der Waals surface area contributed by atoms with Gasteiger partial charge in [0.05, 0.1) is 60.6 Å². The first-order valence-electron chi connectivity index (χ1n) is 16.7. The van der Waals surface area contributed by atoms with E-state index in [1.807, 2.05) is 27.7 Å². The van der Waals surface area contributed by atoms with Gasteiger partial charge in [-0.1, -0.05) is 0 Å². The van der Waals surface area contributed by atoms with E-state index in [1.165, 1.54) is 62.0 Å². The van der Waals surface area contributed by atoms with Gasteiger partial charge in [-0.3, -0.25) is 9.10 Å².